The molecule has 0 amide bonds. The van der Waals surface area contributed by atoms with Crippen LogP contribution >= 0.6 is 0 Å². The molecule has 1 aliphatic rings. The summed E-state index contributed by atoms with van der Waals surface area (Å²) < 4.78 is 31.4. The number of ether oxygens (including phenoxy) is 1. The van der Waals surface area contributed by atoms with E-state index >= 15 is 0 Å². The van der Waals surface area contributed by atoms with Crippen LogP contribution < -0.4 is 0 Å². The summed E-state index contributed by atoms with van der Waals surface area (Å²) in [6, 6.07) is -0.775. The molecular weight excluding hydrogens is 350 g/mol. The maximum Gasteiger partial charge on any atom is 0.327 e. The summed E-state index contributed by atoms with van der Waals surface area (Å²) in [6.45, 7) is 11.2. The molecule has 1 saturated heterocycles. The van der Waals surface area contributed by atoms with E-state index in [1.54, 1.807) is 6.92 Å². The van der Waals surface area contributed by atoms with E-state index in [1.807, 2.05) is 0 Å². The number of aliphatic hydroxyl groups excluding tert-OH is 2. The van der Waals surface area contributed by atoms with Gasteiger partial charge in [-0.2, -0.15) is 4.31 Å². The van der Waals surface area contributed by atoms with Crippen molar-refractivity contribution < 1.29 is 28.2 Å². The minimum atomic E-state index is -3.75. The molecule has 0 aromatic carbocycles. The Labute approximate surface area is 145 Å². The molecule has 1 heterocycles. The van der Waals surface area contributed by atoms with Crippen LogP contribution in [0.2, 0.25) is 25.7 Å². The molecule has 0 aliphatic carbocycles. The van der Waals surface area contributed by atoms with Gasteiger partial charge in [-0.3, -0.25) is 4.79 Å². The third kappa shape index (κ3) is 5.12. The van der Waals surface area contributed by atoms with Crippen LogP contribution in [0.5, 0.6) is 0 Å². The molecule has 140 valence electrons. The Balaban J connectivity index is 3.11. The number of sulfonamides is 1. The van der Waals surface area contributed by atoms with Gasteiger partial charge < -0.3 is 14.9 Å². The van der Waals surface area contributed by atoms with Crippen LogP contribution in [0.4, 0.5) is 0 Å². The molecule has 1 aliphatic heterocycles. The van der Waals surface area contributed by atoms with E-state index < -0.39 is 48.2 Å². The van der Waals surface area contributed by atoms with Crippen molar-refractivity contribution in [1.29, 1.82) is 0 Å². The fraction of sp³-hybridized carbons (Fsp3) is 0.800. The summed E-state index contributed by atoms with van der Waals surface area (Å²) >= 11 is 0. The lowest BCUT2D eigenvalue weighted by Gasteiger charge is -2.25. The molecule has 0 saturated carbocycles. The van der Waals surface area contributed by atoms with E-state index in [0.717, 1.165) is 4.31 Å². The van der Waals surface area contributed by atoms with Crippen molar-refractivity contribution in [1.82, 2.24) is 4.31 Å². The second-order valence-electron chi connectivity index (χ2n) is 7.27. The molecule has 0 aromatic heterocycles. The number of nitrogens with zero attached hydrogens (tertiary/aromatic N) is 1. The third-order valence-electron chi connectivity index (χ3n) is 4.14. The molecule has 7 nitrogen and oxygen atoms in total. The third-order valence-corrected chi connectivity index (χ3v) is 8.06. The maximum atomic E-state index is 12.7. The molecule has 0 bridgehead atoms. The van der Waals surface area contributed by atoms with Gasteiger partial charge in [0.2, 0.25) is 10.0 Å². The van der Waals surface area contributed by atoms with E-state index in [2.05, 4.69) is 26.2 Å². The standard InChI is InChI=1S/C15H29NO6SSi/c1-6-12(17)11-10-16(13(14(11)18)15(19)22-7-2)23(20,21)8-9-24(3,4)5/h6,11-14,17-18H,1,7-10H2,2-5H3/t11-,12-,13-,14+/m1/s1. The van der Waals surface area contributed by atoms with E-state index in [0.29, 0.717) is 6.04 Å². The molecule has 0 radical (unpaired) electrons. The van der Waals surface area contributed by atoms with Crippen molar-refractivity contribution in [2.24, 2.45) is 5.92 Å². The Morgan fingerprint density at radius 3 is 2.50 bits per heavy atom. The van der Waals surface area contributed by atoms with Crippen LogP contribution in [0.15, 0.2) is 12.7 Å². The smallest absolute Gasteiger partial charge is 0.327 e. The zero-order valence-electron chi connectivity index (χ0n) is 14.8. The number of aliphatic hydroxyl groups is 2. The van der Waals surface area contributed by atoms with Gasteiger partial charge in [0, 0.05) is 20.5 Å². The van der Waals surface area contributed by atoms with Gasteiger partial charge >= 0.3 is 5.97 Å². The van der Waals surface area contributed by atoms with E-state index in [9.17, 15) is 23.4 Å². The minimum Gasteiger partial charge on any atom is -0.465 e. The zero-order valence-corrected chi connectivity index (χ0v) is 16.6. The highest BCUT2D eigenvalue weighted by Gasteiger charge is 2.52. The van der Waals surface area contributed by atoms with Crippen molar-refractivity contribution in [3.05, 3.63) is 12.7 Å². The largest absolute Gasteiger partial charge is 0.465 e. The van der Waals surface area contributed by atoms with Gasteiger partial charge in [0.1, 0.15) is 6.04 Å². The second-order valence-corrected chi connectivity index (χ2v) is 14.9. The Morgan fingerprint density at radius 2 is 2.04 bits per heavy atom. The summed E-state index contributed by atoms with van der Waals surface area (Å²) in [5, 5.41) is 20.4. The topological polar surface area (TPSA) is 104 Å². The Kier molecular flexibility index (Phi) is 7.18. The normalized spacial score (nSPS) is 27.0. The first-order valence-electron chi connectivity index (χ1n) is 8.09. The molecule has 9 heteroatoms. The lowest BCUT2D eigenvalue weighted by molar-refractivity contribution is -0.150. The zero-order chi connectivity index (χ0) is 18.7. The first-order valence-corrected chi connectivity index (χ1v) is 13.4. The summed E-state index contributed by atoms with van der Waals surface area (Å²) in [5.41, 5.74) is 0. The quantitative estimate of drug-likeness (QED) is 0.360. The monoisotopic (exact) mass is 379 g/mol. The highest BCUT2D eigenvalue weighted by Crippen LogP contribution is 2.31. The van der Waals surface area contributed by atoms with E-state index in [1.165, 1.54) is 6.08 Å². The van der Waals surface area contributed by atoms with Crippen LogP contribution in [0.3, 0.4) is 0 Å². The van der Waals surface area contributed by atoms with Gasteiger partial charge in [-0.05, 0) is 13.0 Å². The van der Waals surface area contributed by atoms with E-state index in [4.69, 9.17) is 4.74 Å². The summed E-state index contributed by atoms with van der Waals surface area (Å²) in [4.78, 5) is 12.2. The van der Waals surface area contributed by atoms with Gasteiger partial charge in [0.05, 0.1) is 24.6 Å². The van der Waals surface area contributed by atoms with Crippen LogP contribution in [0, 0.1) is 5.92 Å². The summed E-state index contributed by atoms with van der Waals surface area (Å²) in [6.07, 6.45) is -1.21. The number of rotatable bonds is 8. The number of carbonyl (C=O) groups excluding carboxylic acids is 1. The van der Waals surface area contributed by atoms with Gasteiger partial charge in [-0.25, -0.2) is 8.42 Å². The molecule has 0 unspecified atom stereocenters. The van der Waals surface area contributed by atoms with Crippen LogP contribution in [-0.4, -0.2) is 74.1 Å². The lowest BCUT2D eigenvalue weighted by Crippen LogP contribution is -2.47. The second kappa shape index (κ2) is 8.09. The maximum absolute atomic E-state index is 12.7. The Hall–Kier alpha value is -0.743. The summed E-state index contributed by atoms with van der Waals surface area (Å²) in [5.74, 6) is -1.68. The molecular formula is C15H29NO6SSi. The summed E-state index contributed by atoms with van der Waals surface area (Å²) in [7, 11) is -5.35. The predicted molar refractivity (Wildman–Crippen MR) is 94.8 cm³/mol. The average Bonchev–Trinajstić information content (AvgIpc) is 2.82. The Morgan fingerprint density at radius 1 is 1.46 bits per heavy atom. The van der Waals surface area contributed by atoms with Gasteiger partial charge in [-0.1, -0.05) is 25.7 Å². The molecule has 2 N–H and O–H groups in total. The molecule has 1 rings (SSSR count). The van der Waals surface area contributed by atoms with Crippen LogP contribution in [-0.2, 0) is 19.6 Å². The fourth-order valence-corrected chi connectivity index (χ4v) is 7.31. The molecule has 24 heavy (non-hydrogen) atoms. The lowest BCUT2D eigenvalue weighted by atomic mass is 9.96. The van der Waals surface area contributed by atoms with Crippen molar-refractivity contribution in [2.75, 3.05) is 18.9 Å². The fourth-order valence-electron chi connectivity index (χ4n) is 2.64. The predicted octanol–water partition coefficient (Wildman–Crippen LogP) is 0.426. The average molecular weight is 380 g/mol. The minimum absolute atomic E-state index is 0.0811. The van der Waals surface area contributed by atoms with Crippen molar-refractivity contribution in [2.45, 2.75) is 50.9 Å². The number of hydrogen-bond donors (Lipinski definition) is 2. The van der Waals surface area contributed by atoms with Crippen LogP contribution in [0.1, 0.15) is 6.92 Å². The molecule has 0 spiro atoms. The number of carbonyl (C=O) groups is 1. The molecule has 1 fully saturated rings. The van der Waals surface area contributed by atoms with Gasteiger partial charge in [0.15, 0.2) is 0 Å². The van der Waals surface area contributed by atoms with Crippen molar-refractivity contribution in [3.8, 4) is 0 Å². The first-order chi connectivity index (χ1) is 10.9. The van der Waals surface area contributed by atoms with Gasteiger partial charge in [0.25, 0.3) is 0 Å². The molecule has 4 atom stereocenters. The van der Waals surface area contributed by atoms with E-state index in [-0.39, 0.29) is 18.9 Å². The number of hydrogen-bond acceptors (Lipinski definition) is 6. The van der Waals surface area contributed by atoms with Crippen LogP contribution in [0.25, 0.3) is 0 Å². The van der Waals surface area contributed by atoms with Crippen molar-refractivity contribution in [3.63, 3.8) is 0 Å². The first kappa shape index (κ1) is 21.3. The molecule has 0 aromatic rings. The highest BCUT2D eigenvalue weighted by molar-refractivity contribution is 7.89. The van der Waals surface area contributed by atoms with Gasteiger partial charge in [-0.15, -0.1) is 6.58 Å². The Bertz CT molecular complexity index is 559. The SMILES string of the molecule is C=C[C@@H](O)[C@H]1CN(S(=O)(=O)CC[Si](C)(C)C)[C@@H](C(=O)OCC)[C@H]1O. The highest BCUT2D eigenvalue weighted by atomic mass is 32.2. The number of esters is 1. The van der Waals surface area contributed by atoms with Crippen molar-refractivity contribution >= 4 is 24.1 Å².